The van der Waals surface area contributed by atoms with E-state index in [1.807, 2.05) is 6.07 Å². The number of aromatic nitrogens is 2. The molecule has 0 amide bonds. The summed E-state index contributed by atoms with van der Waals surface area (Å²) in [7, 11) is 0. The number of hydrogen-bond donors (Lipinski definition) is 1. The van der Waals surface area contributed by atoms with Crippen molar-refractivity contribution < 1.29 is 14.3 Å². The van der Waals surface area contributed by atoms with Crippen molar-refractivity contribution in [2.75, 3.05) is 0 Å². The number of carbonyl (C=O) groups is 1. The summed E-state index contributed by atoms with van der Waals surface area (Å²) >= 11 is 0. The van der Waals surface area contributed by atoms with Crippen LogP contribution in [0, 0.1) is 5.82 Å². The number of benzene rings is 2. The van der Waals surface area contributed by atoms with Crippen LogP contribution in [-0.2, 0) is 0 Å². The van der Waals surface area contributed by atoms with E-state index in [2.05, 4.69) is 4.98 Å². The SMILES string of the molecule is O=C(O)c1cc2ccc(F)cc2n(-c2cccc3cnccc23)c1=O. The molecule has 2 aromatic carbocycles. The Morgan fingerprint density at radius 1 is 1.08 bits per heavy atom. The van der Waals surface area contributed by atoms with Crippen LogP contribution in [-0.4, -0.2) is 20.6 Å². The fourth-order valence-corrected chi connectivity index (χ4v) is 2.97. The average molecular weight is 334 g/mol. The zero-order valence-corrected chi connectivity index (χ0v) is 12.8. The highest BCUT2D eigenvalue weighted by atomic mass is 19.1. The van der Waals surface area contributed by atoms with Gasteiger partial charge in [-0.25, -0.2) is 9.18 Å². The molecule has 0 saturated carbocycles. The number of aromatic carboxylic acids is 1. The van der Waals surface area contributed by atoms with Gasteiger partial charge in [0.15, 0.2) is 0 Å². The molecule has 2 aromatic heterocycles. The molecule has 0 spiro atoms. The minimum atomic E-state index is -1.33. The quantitative estimate of drug-likeness (QED) is 0.610. The predicted octanol–water partition coefficient (Wildman–Crippen LogP) is 3.38. The minimum absolute atomic E-state index is 0.305. The molecule has 0 fully saturated rings. The van der Waals surface area contributed by atoms with Crippen molar-refractivity contribution >= 4 is 27.6 Å². The molecular weight excluding hydrogens is 323 g/mol. The predicted molar refractivity (Wildman–Crippen MR) is 91.8 cm³/mol. The number of pyridine rings is 2. The lowest BCUT2D eigenvalue weighted by molar-refractivity contribution is 0.0695. The number of rotatable bonds is 2. The zero-order valence-electron chi connectivity index (χ0n) is 12.8. The topological polar surface area (TPSA) is 72.2 Å². The van der Waals surface area contributed by atoms with Crippen LogP contribution in [0.2, 0.25) is 0 Å². The van der Waals surface area contributed by atoms with Gasteiger partial charge in [-0.15, -0.1) is 0 Å². The fourth-order valence-electron chi connectivity index (χ4n) is 2.97. The first kappa shape index (κ1) is 15.0. The highest BCUT2D eigenvalue weighted by molar-refractivity contribution is 5.96. The van der Waals surface area contributed by atoms with Crippen LogP contribution in [0.5, 0.6) is 0 Å². The van der Waals surface area contributed by atoms with Crippen LogP contribution in [0.1, 0.15) is 10.4 Å². The van der Waals surface area contributed by atoms with Crippen LogP contribution in [0.4, 0.5) is 4.39 Å². The maximum absolute atomic E-state index is 13.8. The summed E-state index contributed by atoms with van der Waals surface area (Å²) in [5.41, 5.74) is -0.303. The van der Waals surface area contributed by atoms with E-state index in [4.69, 9.17) is 0 Å². The van der Waals surface area contributed by atoms with Crippen molar-refractivity contribution in [3.8, 4) is 5.69 Å². The van der Waals surface area contributed by atoms with Crippen molar-refractivity contribution in [2.24, 2.45) is 0 Å². The van der Waals surface area contributed by atoms with Crippen molar-refractivity contribution in [3.63, 3.8) is 0 Å². The summed E-state index contributed by atoms with van der Waals surface area (Å²) in [6.45, 7) is 0. The maximum atomic E-state index is 13.8. The van der Waals surface area contributed by atoms with Gasteiger partial charge in [0.25, 0.3) is 5.56 Å². The van der Waals surface area contributed by atoms with E-state index in [9.17, 15) is 19.1 Å². The second-order valence-electron chi connectivity index (χ2n) is 5.58. The van der Waals surface area contributed by atoms with Crippen molar-refractivity contribution in [2.45, 2.75) is 0 Å². The highest BCUT2D eigenvalue weighted by Crippen LogP contribution is 2.25. The van der Waals surface area contributed by atoms with Crippen molar-refractivity contribution in [1.29, 1.82) is 0 Å². The standard InChI is InChI=1S/C19H11FN2O3/c20-13-5-4-11-8-15(19(24)25)18(23)22(17(11)9-13)16-3-1-2-12-10-21-7-6-14(12)16/h1-10H,(H,24,25). The molecule has 5 nitrogen and oxygen atoms in total. The van der Waals surface area contributed by atoms with E-state index < -0.39 is 17.3 Å². The van der Waals surface area contributed by atoms with Gasteiger partial charge in [0.1, 0.15) is 11.4 Å². The summed E-state index contributed by atoms with van der Waals surface area (Å²) < 4.78 is 15.0. The number of nitrogens with zero attached hydrogens (tertiary/aromatic N) is 2. The Balaban J connectivity index is 2.23. The highest BCUT2D eigenvalue weighted by Gasteiger charge is 2.17. The molecule has 0 unspecified atom stereocenters. The van der Waals surface area contributed by atoms with Gasteiger partial charge in [-0.2, -0.15) is 0 Å². The molecule has 0 aliphatic rings. The number of fused-ring (bicyclic) bond motifs is 2. The summed E-state index contributed by atoms with van der Waals surface area (Å²) in [5.74, 6) is -1.84. The molecule has 0 atom stereocenters. The Morgan fingerprint density at radius 2 is 1.92 bits per heavy atom. The van der Waals surface area contributed by atoms with Gasteiger partial charge in [-0.3, -0.25) is 14.3 Å². The van der Waals surface area contributed by atoms with Gasteiger partial charge in [0.05, 0.1) is 11.2 Å². The molecule has 2 heterocycles. The monoisotopic (exact) mass is 334 g/mol. The number of carboxylic acids is 1. The third-order valence-corrected chi connectivity index (χ3v) is 4.10. The zero-order chi connectivity index (χ0) is 17.6. The summed E-state index contributed by atoms with van der Waals surface area (Å²) in [5, 5.41) is 11.3. The second-order valence-corrected chi connectivity index (χ2v) is 5.58. The van der Waals surface area contributed by atoms with E-state index in [1.165, 1.54) is 28.8 Å². The van der Waals surface area contributed by atoms with E-state index in [0.717, 1.165) is 5.39 Å². The van der Waals surface area contributed by atoms with Crippen molar-refractivity contribution in [1.82, 2.24) is 9.55 Å². The van der Waals surface area contributed by atoms with E-state index in [-0.39, 0.29) is 5.56 Å². The number of halogens is 1. The number of carboxylic acid groups (broad SMARTS) is 1. The molecule has 1 N–H and O–H groups in total. The molecule has 6 heteroatoms. The van der Waals surface area contributed by atoms with Gasteiger partial charge < -0.3 is 5.11 Å². The maximum Gasteiger partial charge on any atom is 0.341 e. The molecule has 0 aliphatic carbocycles. The lowest BCUT2D eigenvalue weighted by atomic mass is 10.1. The molecule has 122 valence electrons. The summed E-state index contributed by atoms with van der Waals surface area (Å²) in [6.07, 6.45) is 3.23. The molecule has 0 aliphatic heterocycles. The fraction of sp³-hybridized carbons (Fsp3) is 0. The van der Waals surface area contributed by atoms with Gasteiger partial charge in [0, 0.05) is 23.2 Å². The lowest BCUT2D eigenvalue weighted by Gasteiger charge is -2.14. The van der Waals surface area contributed by atoms with E-state index >= 15 is 0 Å². The smallest absolute Gasteiger partial charge is 0.341 e. The van der Waals surface area contributed by atoms with Crippen LogP contribution >= 0.6 is 0 Å². The Hall–Kier alpha value is -3.54. The first-order chi connectivity index (χ1) is 12.1. The average Bonchev–Trinajstić information content (AvgIpc) is 2.61. The molecule has 0 radical (unpaired) electrons. The Labute approximate surface area is 140 Å². The Bertz CT molecular complexity index is 1210. The number of hydrogen-bond acceptors (Lipinski definition) is 3. The van der Waals surface area contributed by atoms with Crippen LogP contribution in [0.3, 0.4) is 0 Å². The van der Waals surface area contributed by atoms with Gasteiger partial charge in [-0.1, -0.05) is 12.1 Å². The summed E-state index contributed by atoms with van der Waals surface area (Å²) in [6, 6.07) is 12.2. The molecule has 4 rings (SSSR count). The van der Waals surface area contributed by atoms with E-state index in [0.29, 0.717) is 22.0 Å². The third kappa shape index (κ3) is 2.35. The summed E-state index contributed by atoms with van der Waals surface area (Å²) in [4.78, 5) is 28.4. The lowest BCUT2D eigenvalue weighted by Crippen LogP contribution is -2.25. The first-order valence-electron chi connectivity index (χ1n) is 7.48. The first-order valence-corrected chi connectivity index (χ1v) is 7.48. The minimum Gasteiger partial charge on any atom is -0.477 e. The van der Waals surface area contributed by atoms with Gasteiger partial charge in [-0.05, 0) is 41.8 Å². The molecular formula is C19H11FN2O3. The largest absolute Gasteiger partial charge is 0.477 e. The molecule has 25 heavy (non-hydrogen) atoms. The van der Waals surface area contributed by atoms with Gasteiger partial charge >= 0.3 is 5.97 Å². The van der Waals surface area contributed by atoms with Crippen LogP contribution in [0.15, 0.2) is 65.7 Å². The third-order valence-electron chi connectivity index (χ3n) is 4.10. The van der Waals surface area contributed by atoms with Crippen LogP contribution in [0.25, 0.3) is 27.4 Å². The van der Waals surface area contributed by atoms with Crippen LogP contribution < -0.4 is 5.56 Å². The molecule has 0 saturated heterocycles. The molecule has 0 bridgehead atoms. The normalized spacial score (nSPS) is 11.1. The van der Waals surface area contributed by atoms with Crippen molar-refractivity contribution in [3.05, 3.63) is 82.7 Å². The molecule has 4 aromatic rings. The van der Waals surface area contributed by atoms with E-state index in [1.54, 1.807) is 30.6 Å². The second kappa shape index (κ2) is 5.52. The van der Waals surface area contributed by atoms with Gasteiger partial charge in [0.2, 0.25) is 0 Å². The Morgan fingerprint density at radius 3 is 2.72 bits per heavy atom. The Kier molecular flexibility index (Phi) is 3.32.